The van der Waals surface area contributed by atoms with Crippen molar-refractivity contribution in [3.63, 3.8) is 0 Å². The lowest BCUT2D eigenvalue weighted by Gasteiger charge is -2.08. The molecule has 2 rings (SSSR count). The fourth-order valence-electron chi connectivity index (χ4n) is 1.76. The lowest BCUT2D eigenvalue weighted by atomic mass is 10.3. The number of rotatable bonds is 6. The van der Waals surface area contributed by atoms with Crippen LogP contribution in [0.25, 0.3) is 0 Å². The van der Waals surface area contributed by atoms with E-state index in [-0.39, 0.29) is 0 Å². The van der Waals surface area contributed by atoms with Gasteiger partial charge in [0, 0.05) is 29.6 Å². The molecule has 0 saturated heterocycles. The third-order valence-electron chi connectivity index (χ3n) is 2.63. The van der Waals surface area contributed by atoms with Crippen molar-refractivity contribution < 1.29 is 0 Å². The maximum Gasteiger partial charge on any atom is 0.0678 e. The highest BCUT2D eigenvalue weighted by molar-refractivity contribution is 9.10. The minimum Gasteiger partial charge on any atom is -0.311 e. The number of pyridine rings is 1. The van der Waals surface area contributed by atoms with Gasteiger partial charge in [-0.2, -0.15) is 5.10 Å². The molecule has 2 aromatic heterocycles. The van der Waals surface area contributed by atoms with Gasteiger partial charge in [0.05, 0.1) is 12.2 Å². The van der Waals surface area contributed by atoms with Crippen molar-refractivity contribution in [3.8, 4) is 0 Å². The highest BCUT2D eigenvalue weighted by atomic mass is 79.9. The van der Waals surface area contributed by atoms with Crippen molar-refractivity contribution in [1.29, 1.82) is 0 Å². The Kier molecular flexibility index (Phi) is 4.90. The van der Waals surface area contributed by atoms with Crippen LogP contribution in [0.3, 0.4) is 0 Å². The molecule has 0 atom stereocenters. The monoisotopic (exact) mass is 308 g/mol. The van der Waals surface area contributed by atoms with Gasteiger partial charge >= 0.3 is 0 Å². The average Bonchev–Trinajstić information content (AvgIpc) is 2.77. The zero-order valence-corrected chi connectivity index (χ0v) is 12.0. The molecule has 0 radical (unpaired) electrons. The zero-order chi connectivity index (χ0) is 12.8. The molecular weight excluding hydrogens is 292 g/mol. The summed E-state index contributed by atoms with van der Waals surface area (Å²) in [5.41, 5.74) is 2.34. The van der Waals surface area contributed by atoms with Crippen molar-refractivity contribution in [3.05, 3.63) is 46.5 Å². The van der Waals surface area contributed by atoms with Crippen molar-refractivity contribution in [2.75, 3.05) is 6.54 Å². The Balaban J connectivity index is 2.03. The van der Waals surface area contributed by atoms with E-state index in [4.69, 9.17) is 0 Å². The Morgan fingerprint density at radius 3 is 3.06 bits per heavy atom. The molecule has 0 saturated carbocycles. The van der Waals surface area contributed by atoms with Gasteiger partial charge in [0.2, 0.25) is 0 Å². The van der Waals surface area contributed by atoms with E-state index >= 15 is 0 Å². The molecule has 2 aromatic rings. The Morgan fingerprint density at radius 2 is 2.28 bits per heavy atom. The maximum atomic E-state index is 4.35. The molecule has 0 aliphatic rings. The molecule has 0 aromatic carbocycles. The number of hydrogen-bond acceptors (Lipinski definition) is 3. The summed E-state index contributed by atoms with van der Waals surface area (Å²) in [7, 11) is 0. The second-order valence-corrected chi connectivity index (χ2v) is 5.08. The van der Waals surface area contributed by atoms with Gasteiger partial charge in [0.15, 0.2) is 0 Å². The number of nitrogens with zero attached hydrogens (tertiary/aromatic N) is 3. The molecular formula is C13H17BrN4. The predicted octanol–water partition coefficient (Wildman–Crippen LogP) is 2.59. The molecule has 0 spiro atoms. The molecule has 1 N–H and O–H groups in total. The van der Waals surface area contributed by atoms with Crippen LogP contribution in [0.5, 0.6) is 0 Å². The number of aromatic nitrogens is 3. The van der Waals surface area contributed by atoms with Crippen molar-refractivity contribution >= 4 is 15.9 Å². The van der Waals surface area contributed by atoms with Gasteiger partial charge in [-0.15, -0.1) is 0 Å². The van der Waals surface area contributed by atoms with E-state index in [1.165, 1.54) is 5.69 Å². The van der Waals surface area contributed by atoms with E-state index in [9.17, 15) is 0 Å². The molecule has 0 bridgehead atoms. The molecule has 5 heteroatoms. The molecule has 0 amide bonds. The van der Waals surface area contributed by atoms with Crippen molar-refractivity contribution in [2.45, 2.75) is 26.4 Å². The van der Waals surface area contributed by atoms with Gasteiger partial charge in [-0.3, -0.25) is 9.67 Å². The molecule has 0 aliphatic carbocycles. The first-order valence-corrected chi connectivity index (χ1v) is 6.89. The molecule has 0 aliphatic heterocycles. The van der Waals surface area contributed by atoms with Crippen LogP contribution in [-0.2, 0) is 13.1 Å². The van der Waals surface area contributed by atoms with E-state index in [2.05, 4.69) is 44.3 Å². The summed E-state index contributed by atoms with van der Waals surface area (Å²) in [5.74, 6) is 0. The van der Waals surface area contributed by atoms with Crippen LogP contribution < -0.4 is 5.32 Å². The quantitative estimate of drug-likeness (QED) is 0.834. The van der Waals surface area contributed by atoms with E-state index in [1.807, 2.05) is 23.1 Å². The van der Waals surface area contributed by atoms with E-state index in [1.54, 1.807) is 6.20 Å². The van der Waals surface area contributed by atoms with Gasteiger partial charge in [-0.05, 0) is 46.6 Å². The third kappa shape index (κ3) is 3.65. The maximum absolute atomic E-state index is 4.35. The first kappa shape index (κ1) is 13.2. The third-order valence-corrected chi connectivity index (χ3v) is 3.06. The number of hydrogen-bond donors (Lipinski definition) is 1. The van der Waals surface area contributed by atoms with Gasteiger partial charge < -0.3 is 5.32 Å². The number of nitrogens with one attached hydrogen (secondary N) is 1. The van der Waals surface area contributed by atoms with Gasteiger partial charge in [0.1, 0.15) is 0 Å². The Labute approximate surface area is 116 Å². The van der Waals surface area contributed by atoms with Crippen molar-refractivity contribution in [2.24, 2.45) is 0 Å². The minimum absolute atomic E-state index is 0.753. The summed E-state index contributed by atoms with van der Waals surface area (Å²) < 4.78 is 3.00. The van der Waals surface area contributed by atoms with Gasteiger partial charge in [-0.1, -0.05) is 6.92 Å². The van der Waals surface area contributed by atoms with Crippen LogP contribution in [0, 0.1) is 0 Å². The smallest absolute Gasteiger partial charge is 0.0678 e. The molecule has 0 unspecified atom stereocenters. The Hall–Kier alpha value is -1.20. The van der Waals surface area contributed by atoms with E-state index in [0.29, 0.717) is 0 Å². The zero-order valence-electron chi connectivity index (χ0n) is 10.4. The van der Waals surface area contributed by atoms with E-state index < -0.39 is 0 Å². The SMILES string of the molecule is CCCNCc1ccnn1Cc1cncc(Br)c1. The largest absolute Gasteiger partial charge is 0.311 e. The van der Waals surface area contributed by atoms with E-state index in [0.717, 1.165) is 36.1 Å². The summed E-state index contributed by atoms with van der Waals surface area (Å²) in [6.45, 7) is 4.80. The second-order valence-electron chi connectivity index (χ2n) is 4.17. The minimum atomic E-state index is 0.753. The van der Waals surface area contributed by atoms with Crippen LogP contribution in [-0.4, -0.2) is 21.3 Å². The first-order chi connectivity index (χ1) is 8.79. The molecule has 18 heavy (non-hydrogen) atoms. The lowest BCUT2D eigenvalue weighted by molar-refractivity contribution is 0.592. The second kappa shape index (κ2) is 6.66. The standard InChI is InChI=1S/C13H17BrN4/c1-2-4-15-9-13-3-5-17-18(13)10-11-6-12(14)8-16-7-11/h3,5-8,15H,2,4,9-10H2,1H3. The predicted molar refractivity (Wildman–Crippen MR) is 75.3 cm³/mol. The fourth-order valence-corrected chi connectivity index (χ4v) is 2.17. The number of halogens is 1. The molecule has 0 fully saturated rings. The molecule has 2 heterocycles. The highest BCUT2D eigenvalue weighted by Gasteiger charge is 2.03. The Morgan fingerprint density at radius 1 is 1.39 bits per heavy atom. The van der Waals surface area contributed by atoms with Crippen LogP contribution >= 0.6 is 15.9 Å². The fraction of sp³-hybridized carbons (Fsp3) is 0.385. The lowest BCUT2D eigenvalue weighted by Crippen LogP contribution is -2.17. The molecule has 96 valence electrons. The van der Waals surface area contributed by atoms with Gasteiger partial charge in [-0.25, -0.2) is 0 Å². The van der Waals surface area contributed by atoms with Crippen LogP contribution in [0.1, 0.15) is 24.6 Å². The van der Waals surface area contributed by atoms with Crippen LogP contribution in [0.4, 0.5) is 0 Å². The van der Waals surface area contributed by atoms with Crippen molar-refractivity contribution in [1.82, 2.24) is 20.1 Å². The first-order valence-electron chi connectivity index (χ1n) is 6.10. The summed E-state index contributed by atoms with van der Waals surface area (Å²) in [4.78, 5) is 4.17. The van der Waals surface area contributed by atoms with Gasteiger partial charge in [0.25, 0.3) is 0 Å². The summed E-state index contributed by atoms with van der Waals surface area (Å²) in [6, 6.07) is 4.12. The van der Waals surface area contributed by atoms with Crippen LogP contribution in [0.15, 0.2) is 35.2 Å². The Bertz CT molecular complexity index is 495. The summed E-state index contributed by atoms with van der Waals surface area (Å²) >= 11 is 3.43. The molecule has 4 nitrogen and oxygen atoms in total. The average molecular weight is 309 g/mol. The van der Waals surface area contributed by atoms with Crippen LogP contribution in [0.2, 0.25) is 0 Å². The highest BCUT2D eigenvalue weighted by Crippen LogP contribution is 2.11. The summed E-state index contributed by atoms with van der Waals surface area (Å²) in [6.07, 6.45) is 6.64. The summed E-state index contributed by atoms with van der Waals surface area (Å²) in [5, 5.41) is 7.74. The normalized spacial score (nSPS) is 10.8. The topological polar surface area (TPSA) is 42.7 Å².